The van der Waals surface area contributed by atoms with Crippen LogP contribution >= 0.6 is 11.3 Å². The van der Waals surface area contributed by atoms with Crippen molar-refractivity contribution in [2.24, 2.45) is 17.8 Å². The molecule has 38 heavy (non-hydrogen) atoms. The number of benzene rings is 1. The standard InChI is InChI=1S/C28H38N8OS/c1-19(2)25(21-10-14-35(15-11-21)17-22-8-5-4-7-20(22)3)26(37)31-28-34-33-27(38-28)30-23-12-16-36(18-23)24-9-6-13-29-32-24/h4-9,13,19,21,23,25H,10-12,14-18H2,1-3H3,(H,30,33)(H,31,34,37)/t23-,25?/m1/s1. The number of nitrogens with zero attached hydrogens (tertiary/aromatic N) is 6. The molecule has 10 heteroatoms. The Balaban J connectivity index is 1.12. The van der Waals surface area contributed by atoms with Crippen molar-refractivity contribution in [1.29, 1.82) is 0 Å². The van der Waals surface area contributed by atoms with E-state index in [9.17, 15) is 4.79 Å². The van der Waals surface area contributed by atoms with Gasteiger partial charge in [-0.05, 0) is 74.4 Å². The molecule has 1 aromatic carbocycles. The first-order valence-electron chi connectivity index (χ1n) is 13.7. The van der Waals surface area contributed by atoms with E-state index in [4.69, 9.17) is 0 Å². The van der Waals surface area contributed by atoms with Crippen LogP contribution in [0.3, 0.4) is 0 Å². The SMILES string of the molecule is Cc1ccccc1CN1CCC(C(C(=O)Nc2nnc(N[C@@H]3CCN(c4cccnn4)C3)s2)C(C)C)CC1. The Morgan fingerprint density at radius 2 is 1.82 bits per heavy atom. The highest BCUT2D eigenvalue weighted by Gasteiger charge is 2.34. The number of nitrogens with one attached hydrogen (secondary N) is 2. The Hall–Kier alpha value is -3.11. The fourth-order valence-electron chi connectivity index (χ4n) is 5.80. The third-order valence-electron chi connectivity index (χ3n) is 7.87. The predicted octanol–water partition coefficient (Wildman–Crippen LogP) is 4.45. The molecule has 3 aromatic rings. The minimum Gasteiger partial charge on any atom is -0.355 e. The van der Waals surface area contributed by atoms with Gasteiger partial charge in [-0.2, -0.15) is 5.10 Å². The number of hydrogen-bond acceptors (Lipinski definition) is 9. The Bertz CT molecular complexity index is 1190. The molecule has 0 aliphatic carbocycles. The fraction of sp³-hybridized carbons (Fsp3) is 0.536. The summed E-state index contributed by atoms with van der Waals surface area (Å²) in [4.78, 5) is 18.1. The van der Waals surface area contributed by atoms with Crippen molar-refractivity contribution in [3.8, 4) is 0 Å². The van der Waals surface area contributed by atoms with E-state index in [1.54, 1.807) is 6.20 Å². The van der Waals surface area contributed by atoms with E-state index < -0.39 is 0 Å². The summed E-state index contributed by atoms with van der Waals surface area (Å²) in [6, 6.07) is 12.7. The van der Waals surface area contributed by atoms with Gasteiger partial charge >= 0.3 is 0 Å². The van der Waals surface area contributed by atoms with Crippen molar-refractivity contribution in [3.63, 3.8) is 0 Å². The summed E-state index contributed by atoms with van der Waals surface area (Å²) in [7, 11) is 0. The largest absolute Gasteiger partial charge is 0.355 e. The van der Waals surface area contributed by atoms with Gasteiger partial charge in [0, 0.05) is 37.8 Å². The zero-order valence-corrected chi connectivity index (χ0v) is 23.3. The van der Waals surface area contributed by atoms with Crippen LogP contribution in [-0.2, 0) is 11.3 Å². The zero-order chi connectivity index (χ0) is 26.5. The Morgan fingerprint density at radius 3 is 2.55 bits per heavy atom. The molecule has 0 spiro atoms. The fourth-order valence-corrected chi connectivity index (χ4v) is 6.53. The van der Waals surface area contributed by atoms with Gasteiger partial charge in [0.15, 0.2) is 5.82 Å². The molecule has 0 bridgehead atoms. The number of piperidine rings is 1. The number of rotatable bonds is 9. The molecular weight excluding hydrogens is 496 g/mol. The minimum atomic E-state index is -0.0358. The Labute approximate surface area is 229 Å². The molecule has 5 rings (SSSR count). The van der Waals surface area contributed by atoms with Gasteiger partial charge in [-0.3, -0.25) is 9.69 Å². The van der Waals surface area contributed by atoms with E-state index in [-0.39, 0.29) is 23.8 Å². The third kappa shape index (κ3) is 6.47. The van der Waals surface area contributed by atoms with Crippen molar-refractivity contribution < 1.29 is 4.79 Å². The van der Waals surface area contributed by atoms with Crippen molar-refractivity contribution in [2.75, 3.05) is 41.7 Å². The number of likely N-dealkylation sites (tertiary alicyclic amines) is 1. The number of carbonyl (C=O) groups is 1. The summed E-state index contributed by atoms with van der Waals surface area (Å²) in [5, 5.41) is 24.6. The minimum absolute atomic E-state index is 0.0358. The molecule has 2 N–H and O–H groups in total. The number of anilines is 3. The second-order valence-electron chi connectivity index (χ2n) is 10.9. The number of amides is 1. The van der Waals surface area contributed by atoms with Crippen LogP contribution in [0.4, 0.5) is 16.1 Å². The lowest BCUT2D eigenvalue weighted by Gasteiger charge is -2.37. The maximum Gasteiger partial charge on any atom is 0.229 e. The molecule has 202 valence electrons. The lowest BCUT2D eigenvalue weighted by Crippen LogP contribution is -2.41. The molecule has 2 fully saturated rings. The number of aromatic nitrogens is 4. The summed E-state index contributed by atoms with van der Waals surface area (Å²) >= 11 is 1.40. The average molecular weight is 535 g/mol. The summed E-state index contributed by atoms with van der Waals surface area (Å²) in [5.74, 6) is 1.56. The first-order chi connectivity index (χ1) is 18.5. The van der Waals surface area contributed by atoms with Crippen LogP contribution in [0.15, 0.2) is 42.6 Å². The summed E-state index contributed by atoms with van der Waals surface area (Å²) in [6.45, 7) is 11.3. The first kappa shape index (κ1) is 26.5. The monoisotopic (exact) mass is 534 g/mol. The van der Waals surface area contributed by atoms with Gasteiger partial charge < -0.3 is 15.5 Å². The van der Waals surface area contributed by atoms with Crippen LogP contribution < -0.4 is 15.5 Å². The van der Waals surface area contributed by atoms with Crippen LogP contribution in [0, 0.1) is 24.7 Å². The highest BCUT2D eigenvalue weighted by Crippen LogP contribution is 2.33. The van der Waals surface area contributed by atoms with Crippen molar-refractivity contribution in [3.05, 3.63) is 53.7 Å². The molecule has 9 nitrogen and oxygen atoms in total. The van der Waals surface area contributed by atoms with E-state index in [1.165, 1.54) is 22.5 Å². The summed E-state index contributed by atoms with van der Waals surface area (Å²) in [6.07, 6.45) is 4.74. The van der Waals surface area contributed by atoms with Crippen molar-refractivity contribution in [2.45, 2.75) is 52.6 Å². The van der Waals surface area contributed by atoms with Gasteiger partial charge in [0.1, 0.15) is 0 Å². The van der Waals surface area contributed by atoms with E-state index in [0.29, 0.717) is 11.0 Å². The number of hydrogen-bond donors (Lipinski definition) is 2. The van der Waals surface area contributed by atoms with Crippen molar-refractivity contribution in [1.82, 2.24) is 25.3 Å². The van der Waals surface area contributed by atoms with Gasteiger partial charge in [-0.15, -0.1) is 15.3 Å². The van der Waals surface area contributed by atoms with Crippen LogP contribution in [0.5, 0.6) is 0 Å². The Morgan fingerprint density at radius 1 is 1.03 bits per heavy atom. The number of aryl methyl sites for hydroxylation is 1. The van der Waals surface area contributed by atoms with Gasteiger partial charge in [0.25, 0.3) is 0 Å². The van der Waals surface area contributed by atoms with E-state index in [0.717, 1.165) is 62.9 Å². The lowest BCUT2D eigenvalue weighted by molar-refractivity contribution is -0.123. The second-order valence-corrected chi connectivity index (χ2v) is 11.8. The average Bonchev–Trinajstić information content (AvgIpc) is 3.56. The maximum absolute atomic E-state index is 13.4. The van der Waals surface area contributed by atoms with Gasteiger partial charge in [-0.25, -0.2) is 0 Å². The highest BCUT2D eigenvalue weighted by molar-refractivity contribution is 7.19. The molecule has 4 heterocycles. The van der Waals surface area contributed by atoms with Gasteiger partial charge in [-0.1, -0.05) is 49.4 Å². The topological polar surface area (TPSA) is 99.2 Å². The van der Waals surface area contributed by atoms with Gasteiger partial charge in [0.2, 0.25) is 16.2 Å². The van der Waals surface area contributed by atoms with Crippen LogP contribution in [0.1, 0.15) is 44.2 Å². The van der Waals surface area contributed by atoms with Gasteiger partial charge in [0.05, 0.1) is 0 Å². The highest BCUT2D eigenvalue weighted by atomic mass is 32.1. The third-order valence-corrected chi connectivity index (χ3v) is 8.64. The van der Waals surface area contributed by atoms with Crippen LogP contribution in [0.2, 0.25) is 0 Å². The molecule has 1 unspecified atom stereocenters. The van der Waals surface area contributed by atoms with Crippen molar-refractivity contribution >= 4 is 33.3 Å². The van der Waals surface area contributed by atoms with E-state index in [1.807, 2.05) is 12.1 Å². The number of carbonyl (C=O) groups excluding carboxylic acids is 1. The lowest BCUT2D eigenvalue weighted by atomic mass is 9.77. The second kappa shape index (κ2) is 12.2. The van der Waals surface area contributed by atoms with Crippen LogP contribution in [0.25, 0.3) is 0 Å². The molecule has 2 atom stereocenters. The maximum atomic E-state index is 13.4. The van der Waals surface area contributed by atoms with E-state index in [2.05, 4.69) is 85.9 Å². The normalized spacial score (nSPS) is 19.6. The first-order valence-corrected chi connectivity index (χ1v) is 14.5. The smallest absolute Gasteiger partial charge is 0.229 e. The quantitative estimate of drug-likeness (QED) is 0.415. The molecule has 0 radical (unpaired) electrons. The zero-order valence-electron chi connectivity index (χ0n) is 22.5. The molecule has 0 saturated carbocycles. The summed E-state index contributed by atoms with van der Waals surface area (Å²) in [5.41, 5.74) is 2.74. The Kier molecular flexibility index (Phi) is 8.48. The molecule has 2 aliphatic heterocycles. The molecular formula is C28H38N8OS. The molecule has 1 amide bonds. The van der Waals surface area contributed by atoms with Crippen LogP contribution in [-0.4, -0.2) is 63.4 Å². The van der Waals surface area contributed by atoms with E-state index >= 15 is 0 Å². The molecule has 2 aromatic heterocycles. The molecule has 2 aliphatic rings. The molecule has 2 saturated heterocycles. The summed E-state index contributed by atoms with van der Waals surface area (Å²) < 4.78 is 0. The predicted molar refractivity (Wildman–Crippen MR) is 152 cm³/mol.